The highest BCUT2D eigenvalue weighted by Crippen LogP contribution is 2.25. The van der Waals surface area contributed by atoms with Crippen LogP contribution in [-0.4, -0.2) is 21.8 Å². The summed E-state index contributed by atoms with van der Waals surface area (Å²) in [6.45, 7) is 0. The van der Waals surface area contributed by atoms with Gasteiger partial charge in [0, 0.05) is 28.2 Å². The Morgan fingerprint density at radius 1 is 1.32 bits per heavy atom. The smallest absolute Gasteiger partial charge is 0.265 e. The Hall–Kier alpha value is -2.90. The number of primary amides is 1. The van der Waals surface area contributed by atoms with E-state index in [4.69, 9.17) is 17.3 Å². The lowest BCUT2D eigenvalue weighted by atomic mass is 10.2. The maximum absolute atomic E-state index is 12.0. The van der Waals surface area contributed by atoms with Gasteiger partial charge < -0.3 is 10.7 Å². The summed E-state index contributed by atoms with van der Waals surface area (Å²) in [5, 5.41) is 5.54. The Morgan fingerprint density at radius 3 is 2.88 bits per heavy atom. The van der Waals surface area contributed by atoms with Gasteiger partial charge in [-0.05, 0) is 29.8 Å². The van der Waals surface area contributed by atoms with Crippen LogP contribution in [0.15, 0.2) is 48.0 Å². The molecule has 3 aromatic rings. The average molecular weight is 373 g/mol. The maximum atomic E-state index is 12.0. The predicted octanol–water partition coefficient (Wildman–Crippen LogP) is 3.54. The Balaban J connectivity index is 1.66. The zero-order valence-electron chi connectivity index (χ0n) is 12.8. The van der Waals surface area contributed by atoms with E-state index < -0.39 is 5.91 Å². The molecule has 0 spiro atoms. The van der Waals surface area contributed by atoms with Crippen LogP contribution in [0.5, 0.6) is 0 Å². The quantitative estimate of drug-likeness (QED) is 0.597. The molecular weight excluding hydrogens is 360 g/mol. The molecule has 0 saturated heterocycles. The molecule has 6 nitrogen and oxygen atoms in total. The number of halogens is 1. The second-order valence-electron chi connectivity index (χ2n) is 5.08. The molecule has 126 valence electrons. The second-order valence-corrected chi connectivity index (χ2v) is 6.38. The van der Waals surface area contributed by atoms with Crippen molar-refractivity contribution >= 4 is 46.0 Å². The molecule has 0 aliphatic rings. The summed E-state index contributed by atoms with van der Waals surface area (Å²) in [5.74, 6) is -0.839. The molecule has 0 atom stereocenters. The van der Waals surface area contributed by atoms with Gasteiger partial charge in [-0.25, -0.2) is 4.98 Å². The standard InChI is InChI=1S/C17H13ClN4O2S/c18-12-3-1-2-10(6-12)4-5-15(23)22-17-21-14(9-25-17)11-7-13(16(19)24)20-8-11/h1-9,20H,(H2,19,24)(H,21,22,23)/b5-4+. The highest BCUT2D eigenvalue weighted by molar-refractivity contribution is 7.14. The average Bonchev–Trinajstić information content (AvgIpc) is 3.22. The minimum absolute atomic E-state index is 0.298. The van der Waals surface area contributed by atoms with E-state index >= 15 is 0 Å². The van der Waals surface area contributed by atoms with Gasteiger partial charge >= 0.3 is 0 Å². The predicted molar refractivity (Wildman–Crippen MR) is 99.5 cm³/mol. The first-order chi connectivity index (χ1) is 12.0. The van der Waals surface area contributed by atoms with Crippen LogP contribution in [0, 0.1) is 0 Å². The lowest BCUT2D eigenvalue weighted by molar-refractivity contribution is -0.111. The van der Waals surface area contributed by atoms with Crippen LogP contribution in [0.1, 0.15) is 16.1 Å². The minimum atomic E-state index is -0.541. The maximum Gasteiger partial charge on any atom is 0.265 e. The minimum Gasteiger partial charge on any atom is -0.364 e. The van der Waals surface area contributed by atoms with Crippen LogP contribution in [-0.2, 0) is 4.79 Å². The summed E-state index contributed by atoms with van der Waals surface area (Å²) in [4.78, 5) is 30.2. The highest BCUT2D eigenvalue weighted by Gasteiger charge is 2.10. The molecule has 0 aliphatic carbocycles. The van der Waals surface area contributed by atoms with Gasteiger partial charge in [0.25, 0.3) is 5.91 Å². The van der Waals surface area contributed by atoms with E-state index in [1.54, 1.807) is 35.9 Å². The molecule has 0 unspecified atom stereocenters. The first kappa shape index (κ1) is 16.9. The largest absolute Gasteiger partial charge is 0.364 e. The number of carbonyl (C=O) groups excluding carboxylic acids is 2. The molecule has 4 N–H and O–H groups in total. The van der Waals surface area contributed by atoms with Crippen LogP contribution in [0.4, 0.5) is 5.13 Å². The normalized spacial score (nSPS) is 10.9. The summed E-state index contributed by atoms with van der Waals surface area (Å²) in [6.07, 6.45) is 4.72. The number of rotatable bonds is 5. The van der Waals surface area contributed by atoms with Crippen LogP contribution >= 0.6 is 22.9 Å². The Morgan fingerprint density at radius 2 is 2.16 bits per heavy atom. The SMILES string of the molecule is NC(=O)c1cc(-c2csc(NC(=O)/C=C/c3cccc(Cl)c3)n2)c[nH]1. The number of benzene rings is 1. The molecule has 1 aromatic carbocycles. The zero-order chi connectivity index (χ0) is 17.8. The fraction of sp³-hybridized carbons (Fsp3) is 0. The van der Waals surface area contributed by atoms with Gasteiger partial charge in [0.15, 0.2) is 5.13 Å². The van der Waals surface area contributed by atoms with Gasteiger partial charge in [0.1, 0.15) is 5.69 Å². The van der Waals surface area contributed by atoms with Gasteiger partial charge in [0.05, 0.1) is 5.69 Å². The number of nitrogens with two attached hydrogens (primary N) is 1. The molecule has 25 heavy (non-hydrogen) atoms. The van der Waals surface area contributed by atoms with E-state index in [-0.39, 0.29) is 5.91 Å². The molecule has 2 heterocycles. The first-order valence-electron chi connectivity index (χ1n) is 7.20. The van der Waals surface area contributed by atoms with Crippen LogP contribution in [0.3, 0.4) is 0 Å². The van der Waals surface area contributed by atoms with E-state index in [1.807, 2.05) is 12.1 Å². The summed E-state index contributed by atoms with van der Waals surface area (Å²) >= 11 is 7.18. The van der Waals surface area contributed by atoms with Gasteiger partial charge in [-0.15, -0.1) is 11.3 Å². The number of hydrogen-bond donors (Lipinski definition) is 3. The van der Waals surface area contributed by atoms with Gasteiger partial charge in [0.2, 0.25) is 5.91 Å². The van der Waals surface area contributed by atoms with Crippen molar-refractivity contribution in [2.24, 2.45) is 5.73 Å². The lowest BCUT2D eigenvalue weighted by Crippen LogP contribution is -2.10. The van der Waals surface area contributed by atoms with Gasteiger partial charge in [-0.2, -0.15) is 0 Å². The highest BCUT2D eigenvalue weighted by atomic mass is 35.5. The fourth-order valence-electron chi connectivity index (χ4n) is 2.08. The van der Waals surface area contributed by atoms with E-state index in [1.165, 1.54) is 17.4 Å². The summed E-state index contributed by atoms with van der Waals surface area (Å²) in [6, 6.07) is 8.79. The third kappa shape index (κ3) is 4.34. The Bertz CT molecular complexity index is 961. The first-order valence-corrected chi connectivity index (χ1v) is 8.46. The van der Waals surface area contributed by atoms with Crippen LogP contribution < -0.4 is 11.1 Å². The van der Waals surface area contributed by atoms with Crippen molar-refractivity contribution in [3.05, 3.63) is 64.3 Å². The molecule has 2 aromatic heterocycles. The molecule has 0 radical (unpaired) electrons. The van der Waals surface area contributed by atoms with Crippen molar-refractivity contribution in [3.8, 4) is 11.3 Å². The van der Waals surface area contributed by atoms with Crippen molar-refractivity contribution in [3.63, 3.8) is 0 Å². The number of thiazole rings is 1. The molecule has 2 amide bonds. The number of anilines is 1. The number of H-pyrrole nitrogens is 1. The van der Waals surface area contributed by atoms with Crippen LogP contribution in [0.25, 0.3) is 17.3 Å². The van der Waals surface area contributed by atoms with E-state index in [0.717, 1.165) is 11.1 Å². The Labute approximate surface area is 152 Å². The van der Waals surface area contributed by atoms with E-state index in [2.05, 4.69) is 15.3 Å². The molecule has 0 bridgehead atoms. The second kappa shape index (κ2) is 7.33. The molecule has 0 aliphatic heterocycles. The van der Waals surface area contributed by atoms with E-state index in [0.29, 0.717) is 21.5 Å². The van der Waals surface area contributed by atoms with Crippen molar-refractivity contribution in [1.82, 2.24) is 9.97 Å². The number of carbonyl (C=O) groups is 2. The van der Waals surface area contributed by atoms with Crippen molar-refractivity contribution in [2.75, 3.05) is 5.32 Å². The lowest BCUT2D eigenvalue weighted by Gasteiger charge is -1.97. The monoisotopic (exact) mass is 372 g/mol. The molecular formula is C17H13ClN4O2S. The third-order valence-electron chi connectivity index (χ3n) is 3.25. The number of nitrogens with zero attached hydrogens (tertiary/aromatic N) is 1. The molecule has 8 heteroatoms. The number of amides is 2. The zero-order valence-corrected chi connectivity index (χ0v) is 14.4. The van der Waals surface area contributed by atoms with Gasteiger partial charge in [-0.1, -0.05) is 23.7 Å². The fourth-order valence-corrected chi connectivity index (χ4v) is 3.00. The summed E-state index contributed by atoms with van der Waals surface area (Å²) < 4.78 is 0. The number of hydrogen-bond acceptors (Lipinski definition) is 4. The van der Waals surface area contributed by atoms with Crippen molar-refractivity contribution < 1.29 is 9.59 Å². The number of nitrogens with one attached hydrogen (secondary N) is 2. The third-order valence-corrected chi connectivity index (χ3v) is 4.25. The Kier molecular flexibility index (Phi) is 4.97. The topological polar surface area (TPSA) is 101 Å². The summed E-state index contributed by atoms with van der Waals surface area (Å²) in [5.41, 5.74) is 7.70. The number of aromatic amines is 1. The number of aromatic nitrogens is 2. The summed E-state index contributed by atoms with van der Waals surface area (Å²) in [7, 11) is 0. The molecule has 0 fully saturated rings. The van der Waals surface area contributed by atoms with Crippen LogP contribution in [0.2, 0.25) is 5.02 Å². The van der Waals surface area contributed by atoms with Gasteiger partial charge in [-0.3, -0.25) is 14.9 Å². The molecule has 0 saturated carbocycles. The van der Waals surface area contributed by atoms with E-state index in [9.17, 15) is 9.59 Å². The van der Waals surface area contributed by atoms with Crippen molar-refractivity contribution in [2.45, 2.75) is 0 Å². The van der Waals surface area contributed by atoms with Crippen molar-refractivity contribution in [1.29, 1.82) is 0 Å². The molecule has 3 rings (SSSR count).